The highest BCUT2D eigenvalue weighted by Gasteiger charge is 2.14. The molecular formula is C10H15N5. The smallest absolute Gasteiger partial charge is 0.132 e. The topological polar surface area (TPSA) is 67.4 Å². The van der Waals surface area contributed by atoms with E-state index >= 15 is 0 Å². The van der Waals surface area contributed by atoms with E-state index in [1.54, 1.807) is 6.20 Å². The van der Waals surface area contributed by atoms with Gasteiger partial charge in [0.25, 0.3) is 0 Å². The van der Waals surface area contributed by atoms with Gasteiger partial charge < -0.3 is 10.6 Å². The number of aromatic nitrogens is 2. The minimum Gasteiger partial charge on any atom is -0.383 e. The SMILES string of the molecule is CC1=NCCN1Cc1cnc(C)nc1N. The zero-order chi connectivity index (χ0) is 10.8. The zero-order valence-electron chi connectivity index (χ0n) is 9.06. The van der Waals surface area contributed by atoms with Crippen LogP contribution in [0, 0.1) is 6.92 Å². The molecule has 0 saturated carbocycles. The molecule has 0 saturated heterocycles. The number of nitrogens with zero attached hydrogens (tertiary/aromatic N) is 4. The molecule has 0 radical (unpaired) electrons. The molecule has 2 rings (SSSR count). The van der Waals surface area contributed by atoms with Crippen molar-refractivity contribution in [1.29, 1.82) is 0 Å². The van der Waals surface area contributed by atoms with Crippen LogP contribution in [0.3, 0.4) is 0 Å². The van der Waals surface area contributed by atoms with E-state index in [-0.39, 0.29) is 0 Å². The molecule has 1 aromatic rings. The van der Waals surface area contributed by atoms with Gasteiger partial charge in [-0.15, -0.1) is 0 Å². The molecule has 2 N–H and O–H groups in total. The molecule has 1 aliphatic heterocycles. The number of amidine groups is 1. The fraction of sp³-hybridized carbons (Fsp3) is 0.500. The van der Waals surface area contributed by atoms with Crippen molar-refractivity contribution in [2.75, 3.05) is 18.8 Å². The van der Waals surface area contributed by atoms with Crippen molar-refractivity contribution in [2.24, 2.45) is 4.99 Å². The van der Waals surface area contributed by atoms with Gasteiger partial charge in [0.2, 0.25) is 0 Å². The second kappa shape index (κ2) is 3.84. The fourth-order valence-corrected chi connectivity index (χ4v) is 1.63. The first kappa shape index (κ1) is 9.89. The van der Waals surface area contributed by atoms with Gasteiger partial charge in [-0.2, -0.15) is 0 Å². The van der Waals surface area contributed by atoms with Crippen LogP contribution in [0.25, 0.3) is 0 Å². The van der Waals surface area contributed by atoms with Crippen LogP contribution in [0.5, 0.6) is 0 Å². The van der Waals surface area contributed by atoms with Gasteiger partial charge in [-0.05, 0) is 13.8 Å². The molecule has 0 fully saturated rings. The van der Waals surface area contributed by atoms with E-state index in [9.17, 15) is 0 Å². The molecule has 1 aliphatic rings. The van der Waals surface area contributed by atoms with Crippen LogP contribution >= 0.6 is 0 Å². The van der Waals surface area contributed by atoms with Gasteiger partial charge in [0.15, 0.2) is 0 Å². The number of hydrogen-bond donors (Lipinski definition) is 1. The highest BCUT2D eigenvalue weighted by Crippen LogP contribution is 2.13. The maximum Gasteiger partial charge on any atom is 0.132 e. The summed E-state index contributed by atoms with van der Waals surface area (Å²) >= 11 is 0. The maximum atomic E-state index is 5.83. The third-order valence-electron chi connectivity index (χ3n) is 2.55. The lowest BCUT2D eigenvalue weighted by atomic mass is 10.3. The lowest BCUT2D eigenvalue weighted by molar-refractivity contribution is 0.449. The van der Waals surface area contributed by atoms with E-state index < -0.39 is 0 Å². The van der Waals surface area contributed by atoms with Gasteiger partial charge in [0, 0.05) is 24.8 Å². The molecule has 5 heteroatoms. The summed E-state index contributed by atoms with van der Waals surface area (Å²) in [6.45, 7) is 6.43. The average Bonchev–Trinajstić information content (AvgIpc) is 2.57. The normalized spacial score (nSPS) is 15.6. The summed E-state index contributed by atoms with van der Waals surface area (Å²) in [7, 11) is 0. The van der Waals surface area contributed by atoms with E-state index in [0.717, 1.165) is 31.0 Å². The molecule has 0 aromatic carbocycles. The molecule has 1 aromatic heterocycles. The second-order valence-corrected chi connectivity index (χ2v) is 3.68. The largest absolute Gasteiger partial charge is 0.383 e. The highest BCUT2D eigenvalue weighted by atomic mass is 15.2. The monoisotopic (exact) mass is 205 g/mol. The van der Waals surface area contributed by atoms with Crippen molar-refractivity contribution >= 4 is 11.7 Å². The van der Waals surface area contributed by atoms with E-state index in [2.05, 4.69) is 19.9 Å². The van der Waals surface area contributed by atoms with E-state index in [0.29, 0.717) is 11.6 Å². The Balaban J connectivity index is 2.14. The van der Waals surface area contributed by atoms with Crippen LogP contribution in [0.15, 0.2) is 11.2 Å². The summed E-state index contributed by atoms with van der Waals surface area (Å²) in [6.07, 6.45) is 1.79. The quantitative estimate of drug-likeness (QED) is 0.767. The molecule has 15 heavy (non-hydrogen) atoms. The minimum atomic E-state index is 0.571. The predicted molar refractivity (Wildman–Crippen MR) is 59.6 cm³/mol. The first-order valence-electron chi connectivity index (χ1n) is 5.01. The molecule has 0 aliphatic carbocycles. The van der Waals surface area contributed by atoms with Crippen LogP contribution in [0.2, 0.25) is 0 Å². The molecule has 0 spiro atoms. The molecule has 0 atom stereocenters. The van der Waals surface area contributed by atoms with Crippen LogP contribution in [-0.4, -0.2) is 33.8 Å². The zero-order valence-corrected chi connectivity index (χ0v) is 9.06. The molecule has 5 nitrogen and oxygen atoms in total. The lowest BCUT2D eigenvalue weighted by Crippen LogP contribution is -2.25. The number of aryl methyl sites for hydroxylation is 1. The summed E-state index contributed by atoms with van der Waals surface area (Å²) < 4.78 is 0. The summed E-state index contributed by atoms with van der Waals surface area (Å²) in [5.41, 5.74) is 6.80. The number of rotatable bonds is 2. The third kappa shape index (κ3) is 2.06. The molecule has 80 valence electrons. The van der Waals surface area contributed by atoms with Crippen molar-refractivity contribution in [3.05, 3.63) is 17.6 Å². The number of nitrogen functional groups attached to an aromatic ring is 1. The van der Waals surface area contributed by atoms with Gasteiger partial charge in [-0.25, -0.2) is 9.97 Å². The Morgan fingerprint density at radius 3 is 2.87 bits per heavy atom. The summed E-state index contributed by atoms with van der Waals surface area (Å²) in [5, 5.41) is 0. The Bertz CT molecular complexity index is 399. The Kier molecular flexibility index (Phi) is 2.53. The summed E-state index contributed by atoms with van der Waals surface area (Å²) in [4.78, 5) is 14.8. The van der Waals surface area contributed by atoms with Crippen molar-refractivity contribution in [1.82, 2.24) is 14.9 Å². The predicted octanol–water partition coefficient (Wildman–Crippen LogP) is 0.601. The van der Waals surface area contributed by atoms with Gasteiger partial charge >= 0.3 is 0 Å². The van der Waals surface area contributed by atoms with Crippen molar-refractivity contribution in [3.8, 4) is 0 Å². The Hall–Kier alpha value is -1.65. The highest BCUT2D eigenvalue weighted by molar-refractivity contribution is 5.81. The van der Waals surface area contributed by atoms with Crippen LogP contribution in [-0.2, 0) is 6.54 Å². The Labute approximate surface area is 89.0 Å². The van der Waals surface area contributed by atoms with Gasteiger partial charge in [-0.3, -0.25) is 4.99 Å². The van der Waals surface area contributed by atoms with Gasteiger partial charge in [-0.1, -0.05) is 0 Å². The van der Waals surface area contributed by atoms with E-state index in [1.807, 2.05) is 13.8 Å². The van der Waals surface area contributed by atoms with Crippen LogP contribution < -0.4 is 5.73 Å². The van der Waals surface area contributed by atoms with Crippen molar-refractivity contribution < 1.29 is 0 Å². The van der Waals surface area contributed by atoms with Crippen molar-refractivity contribution in [3.63, 3.8) is 0 Å². The van der Waals surface area contributed by atoms with Crippen LogP contribution in [0.4, 0.5) is 5.82 Å². The molecular weight excluding hydrogens is 190 g/mol. The number of hydrogen-bond acceptors (Lipinski definition) is 5. The fourth-order valence-electron chi connectivity index (χ4n) is 1.63. The van der Waals surface area contributed by atoms with E-state index in [1.165, 1.54) is 0 Å². The number of anilines is 1. The van der Waals surface area contributed by atoms with E-state index in [4.69, 9.17) is 5.73 Å². The lowest BCUT2D eigenvalue weighted by Gasteiger charge is -2.18. The Morgan fingerprint density at radius 2 is 2.27 bits per heavy atom. The first-order valence-corrected chi connectivity index (χ1v) is 5.01. The average molecular weight is 205 g/mol. The Morgan fingerprint density at radius 1 is 1.47 bits per heavy atom. The molecule has 0 bridgehead atoms. The van der Waals surface area contributed by atoms with Gasteiger partial charge in [0.1, 0.15) is 11.6 Å². The summed E-state index contributed by atoms with van der Waals surface area (Å²) in [6, 6.07) is 0. The second-order valence-electron chi connectivity index (χ2n) is 3.68. The van der Waals surface area contributed by atoms with Crippen molar-refractivity contribution in [2.45, 2.75) is 20.4 Å². The molecule has 2 heterocycles. The third-order valence-corrected chi connectivity index (χ3v) is 2.55. The number of nitrogens with two attached hydrogens (primary N) is 1. The molecule has 0 amide bonds. The van der Waals surface area contributed by atoms with Gasteiger partial charge in [0.05, 0.1) is 12.4 Å². The maximum absolute atomic E-state index is 5.83. The molecule has 0 unspecified atom stereocenters. The standard InChI is InChI=1S/C10H15N5/c1-7-13-5-9(10(11)14-7)6-15-4-3-12-8(15)2/h5H,3-4,6H2,1-2H3,(H2,11,13,14). The minimum absolute atomic E-state index is 0.571. The number of aliphatic imine (C=N–C) groups is 1. The summed E-state index contributed by atoms with van der Waals surface area (Å²) in [5.74, 6) is 2.35. The van der Waals surface area contributed by atoms with Crippen LogP contribution in [0.1, 0.15) is 18.3 Å². The first-order chi connectivity index (χ1) is 7.16.